The maximum absolute atomic E-state index is 11.7. The van der Waals surface area contributed by atoms with Gasteiger partial charge < -0.3 is 14.6 Å². The van der Waals surface area contributed by atoms with Crippen LogP contribution in [-0.2, 0) is 14.4 Å². The SMILES string of the molecule is CC1CN(C2CC2)C(=O)C(=O)N1CC=O. The first-order valence-corrected chi connectivity index (χ1v) is 5.20. The van der Waals surface area contributed by atoms with E-state index >= 15 is 0 Å². The van der Waals surface area contributed by atoms with Crippen LogP contribution in [0.15, 0.2) is 0 Å². The van der Waals surface area contributed by atoms with Gasteiger partial charge in [-0.25, -0.2) is 0 Å². The third-order valence-electron chi connectivity index (χ3n) is 2.96. The average molecular weight is 210 g/mol. The zero-order valence-electron chi connectivity index (χ0n) is 8.68. The summed E-state index contributed by atoms with van der Waals surface area (Å²) in [6, 6.07) is 0.211. The monoisotopic (exact) mass is 210 g/mol. The molecule has 2 fully saturated rings. The van der Waals surface area contributed by atoms with Gasteiger partial charge in [0.15, 0.2) is 0 Å². The lowest BCUT2D eigenvalue weighted by molar-refractivity contribution is -0.159. The molecule has 1 atom stereocenters. The number of aldehydes is 1. The fourth-order valence-corrected chi connectivity index (χ4v) is 1.96. The van der Waals surface area contributed by atoms with Crippen molar-refractivity contribution in [3.63, 3.8) is 0 Å². The highest BCUT2D eigenvalue weighted by Crippen LogP contribution is 2.29. The van der Waals surface area contributed by atoms with Gasteiger partial charge >= 0.3 is 11.8 Å². The van der Waals surface area contributed by atoms with Gasteiger partial charge in [0.1, 0.15) is 6.29 Å². The Labute approximate surface area is 88.0 Å². The quantitative estimate of drug-likeness (QED) is 0.462. The van der Waals surface area contributed by atoms with E-state index in [0.29, 0.717) is 12.8 Å². The molecule has 2 amide bonds. The van der Waals surface area contributed by atoms with E-state index in [2.05, 4.69) is 0 Å². The van der Waals surface area contributed by atoms with E-state index in [-0.39, 0.29) is 18.6 Å². The number of nitrogens with zero attached hydrogens (tertiary/aromatic N) is 2. The topological polar surface area (TPSA) is 57.7 Å². The average Bonchev–Trinajstić information content (AvgIpc) is 3.02. The van der Waals surface area contributed by atoms with Crippen LogP contribution in [0.5, 0.6) is 0 Å². The molecule has 0 aromatic carbocycles. The third kappa shape index (κ3) is 1.73. The lowest BCUT2D eigenvalue weighted by atomic mass is 10.1. The van der Waals surface area contributed by atoms with Crippen LogP contribution in [-0.4, -0.2) is 53.1 Å². The molecule has 2 rings (SSSR count). The highest BCUT2D eigenvalue weighted by atomic mass is 16.2. The molecule has 1 heterocycles. The van der Waals surface area contributed by atoms with Gasteiger partial charge in [0.05, 0.1) is 6.54 Å². The Morgan fingerprint density at radius 2 is 2.00 bits per heavy atom. The molecule has 82 valence electrons. The van der Waals surface area contributed by atoms with Crippen molar-refractivity contribution in [2.45, 2.75) is 31.8 Å². The minimum absolute atomic E-state index is 0.0181. The van der Waals surface area contributed by atoms with E-state index < -0.39 is 11.8 Å². The number of carbonyl (C=O) groups is 3. The van der Waals surface area contributed by atoms with Crippen LogP contribution in [0.1, 0.15) is 19.8 Å². The maximum atomic E-state index is 11.7. The predicted octanol–water partition coefficient (Wildman–Crippen LogP) is -0.593. The molecular formula is C10H14N2O3. The molecule has 1 unspecified atom stereocenters. The molecule has 5 heteroatoms. The fraction of sp³-hybridized carbons (Fsp3) is 0.700. The van der Waals surface area contributed by atoms with Crippen molar-refractivity contribution >= 4 is 18.1 Å². The molecule has 0 spiro atoms. The van der Waals surface area contributed by atoms with Crippen LogP contribution in [0.25, 0.3) is 0 Å². The summed E-state index contributed by atoms with van der Waals surface area (Å²) in [5, 5.41) is 0. The molecule has 1 aliphatic carbocycles. The predicted molar refractivity (Wildman–Crippen MR) is 52.0 cm³/mol. The maximum Gasteiger partial charge on any atom is 0.312 e. The number of carbonyl (C=O) groups excluding carboxylic acids is 3. The van der Waals surface area contributed by atoms with Crippen molar-refractivity contribution in [2.24, 2.45) is 0 Å². The molecule has 1 saturated carbocycles. The van der Waals surface area contributed by atoms with Crippen LogP contribution >= 0.6 is 0 Å². The van der Waals surface area contributed by atoms with Crippen molar-refractivity contribution in [3.05, 3.63) is 0 Å². The van der Waals surface area contributed by atoms with Crippen LogP contribution in [0.2, 0.25) is 0 Å². The van der Waals surface area contributed by atoms with Gasteiger partial charge in [0, 0.05) is 18.6 Å². The van der Waals surface area contributed by atoms with Crippen molar-refractivity contribution in [1.29, 1.82) is 0 Å². The van der Waals surface area contributed by atoms with Gasteiger partial charge in [-0.05, 0) is 19.8 Å². The number of amides is 2. The molecule has 1 saturated heterocycles. The van der Waals surface area contributed by atoms with Crippen LogP contribution in [0.3, 0.4) is 0 Å². The summed E-state index contributed by atoms with van der Waals surface area (Å²) >= 11 is 0. The van der Waals surface area contributed by atoms with E-state index in [9.17, 15) is 14.4 Å². The van der Waals surface area contributed by atoms with E-state index in [1.165, 1.54) is 4.90 Å². The smallest absolute Gasteiger partial charge is 0.312 e. The Kier molecular flexibility index (Phi) is 2.46. The van der Waals surface area contributed by atoms with Gasteiger partial charge in [0.2, 0.25) is 0 Å². The highest BCUT2D eigenvalue weighted by Gasteiger charge is 2.43. The first-order valence-electron chi connectivity index (χ1n) is 5.20. The van der Waals surface area contributed by atoms with Crippen LogP contribution in [0.4, 0.5) is 0 Å². The van der Waals surface area contributed by atoms with Gasteiger partial charge in [0.25, 0.3) is 0 Å². The summed E-state index contributed by atoms with van der Waals surface area (Å²) < 4.78 is 0. The Balaban J connectivity index is 2.11. The first kappa shape index (κ1) is 10.1. The molecule has 0 aromatic heterocycles. The number of hydrogen-bond acceptors (Lipinski definition) is 3. The zero-order chi connectivity index (χ0) is 11.0. The number of rotatable bonds is 3. The molecule has 0 N–H and O–H groups in total. The van der Waals surface area contributed by atoms with E-state index in [1.807, 2.05) is 6.92 Å². The third-order valence-corrected chi connectivity index (χ3v) is 2.96. The Bertz CT molecular complexity index is 312. The van der Waals surface area contributed by atoms with E-state index in [0.717, 1.165) is 12.8 Å². The van der Waals surface area contributed by atoms with Crippen LogP contribution in [0, 0.1) is 0 Å². The summed E-state index contributed by atoms with van der Waals surface area (Å²) in [5.41, 5.74) is 0. The van der Waals surface area contributed by atoms with Gasteiger partial charge in [-0.1, -0.05) is 0 Å². The van der Waals surface area contributed by atoms with Crippen molar-refractivity contribution in [3.8, 4) is 0 Å². The van der Waals surface area contributed by atoms with Crippen LogP contribution < -0.4 is 0 Å². The summed E-state index contributed by atoms with van der Waals surface area (Å²) in [4.78, 5) is 36.7. The minimum Gasteiger partial charge on any atom is -0.329 e. The van der Waals surface area contributed by atoms with Crippen molar-refractivity contribution in [2.75, 3.05) is 13.1 Å². The molecule has 1 aliphatic heterocycles. The molecule has 0 aromatic rings. The number of piperazine rings is 1. The number of hydrogen-bond donors (Lipinski definition) is 0. The Morgan fingerprint density at radius 1 is 1.33 bits per heavy atom. The largest absolute Gasteiger partial charge is 0.329 e. The van der Waals surface area contributed by atoms with Gasteiger partial charge in [-0.15, -0.1) is 0 Å². The standard InChI is InChI=1S/C10H14N2O3/c1-7-6-12(8-2-3-8)10(15)9(14)11(7)4-5-13/h5,7-8H,2-4,6H2,1H3. The molecule has 15 heavy (non-hydrogen) atoms. The van der Waals surface area contributed by atoms with Crippen molar-refractivity contribution < 1.29 is 14.4 Å². The van der Waals surface area contributed by atoms with Gasteiger partial charge in [-0.3, -0.25) is 9.59 Å². The molecule has 5 nitrogen and oxygen atoms in total. The van der Waals surface area contributed by atoms with E-state index in [4.69, 9.17) is 0 Å². The van der Waals surface area contributed by atoms with E-state index in [1.54, 1.807) is 4.90 Å². The summed E-state index contributed by atoms with van der Waals surface area (Å²) in [6.45, 7) is 2.44. The Morgan fingerprint density at radius 3 is 2.53 bits per heavy atom. The second-order valence-electron chi connectivity index (χ2n) is 4.16. The Hall–Kier alpha value is -1.39. The lowest BCUT2D eigenvalue weighted by Crippen LogP contribution is -2.59. The zero-order valence-corrected chi connectivity index (χ0v) is 8.68. The molecule has 0 bridgehead atoms. The lowest BCUT2D eigenvalue weighted by Gasteiger charge is -2.38. The molecule has 0 radical (unpaired) electrons. The minimum atomic E-state index is -0.534. The second-order valence-corrected chi connectivity index (χ2v) is 4.16. The molecule has 2 aliphatic rings. The molecular weight excluding hydrogens is 196 g/mol. The summed E-state index contributed by atoms with van der Waals surface area (Å²) in [7, 11) is 0. The van der Waals surface area contributed by atoms with Gasteiger partial charge in [-0.2, -0.15) is 0 Å². The normalized spacial score (nSPS) is 27.1. The summed E-state index contributed by atoms with van der Waals surface area (Å²) in [5.74, 6) is -0.981. The van der Waals surface area contributed by atoms with Crippen molar-refractivity contribution in [1.82, 2.24) is 9.80 Å². The fourth-order valence-electron chi connectivity index (χ4n) is 1.96. The highest BCUT2D eigenvalue weighted by molar-refractivity contribution is 6.35. The first-order chi connectivity index (χ1) is 7.15. The second kappa shape index (κ2) is 3.64. The summed E-state index contributed by atoms with van der Waals surface area (Å²) in [6.07, 6.45) is 2.66.